The van der Waals surface area contributed by atoms with Crippen LogP contribution in [0.25, 0.3) is 6.08 Å². The highest BCUT2D eigenvalue weighted by Gasteiger charge is 2.19. The van der Waals surface area contributed by atoms with Crippen molar-refractivity contribution in [3.63, 3.8) is 0 Å². The number of hydrogen-bond donors (Lipinski definition) is 1. The Labute approximate surface area is 106 Å². The summed E-state index contributed by atoms with van der Waals surface area (Å²) < 4.78 is 0. The maximum atomic E-state index is 11.8. The minimum Gasteiger partial charge on any atom is -0.294 e. The zero-order chi connectivity index (χ0) is 13.0. The van der Waals surface area contributed by atoms with Gasteiger partial charge in [-0.3, -0.25) is 10.2 Å². The molecule has 1 aliphatic rings. The van der Waals surface area contributed by atoms with Gasteiger partial charge in [0, 0.05) is 25.1 Å². The van der Waals surface area contributed by atoms with Crippen LogP contribution in [-0.4, -0.2) is 30.9 Å². The van der Waals surface area contributed by atoms with Crippen LogP contribution in [0.1, 0.15) is 17.5 Å². The molecule has 4 nitrogen and oxygen atoms in total. The van der Waals surface area contributed by atoms with Crippen LogP contribution in [0.4, 0.5) is 0 Å². The van der Waals surface area contributed by atoms with Crippen LogP contribution in [0.3, 0.4) is 0 Å². The SMILES string of the molecule is CNN1CCC(=O)/C(=C/c2ccc(C#N)cc2)C1. The summed E-state index contributed by atoms with van der Waals surface area (Å²) in [6, 6.07) is 9.31. The van der Waals surface area contributed by atoms with E-state index in [4.69, 9.17) is 5.26 Å². The monoisotopic (exact) mass is 241 g/mol. The Kier molecular flexibility index (Phi) is 3.88. The van der Waals surface area contributed by atoms with Gasteiger partial charge in [-0.05, 0) is 30.8 Å². The van der Waals surface area contributed by atoms with Crippen molar-refractivity contribution in [1.82, 2.24) is 10.4 Å². The van der Waals surface area contributed by atoms with Gasteiger partial charge in [-0.1, -0.05) is 12.1 Å². The second kappa shape index (κ2) is 5.58. The fourth-order valence-corrected chi connectivity index (χ4v) is 1.94. The third-order valence-corrected chi connectivity index (χ3v) is 3.03. The zero-order valence-electron chi connectivity index (χ0n) is 10.3. The van der Waals surface area contributed by atoms with Gasteiger partial charge in [0.25, 0.3) is 0 Å². The maximum Gasteiger partial charge on any atom is 0.161 e. The molecule has 4 heteroatoms. The minimum atomic E-state index is 0.200. The third-order valence-electron chi connectivity index (χ3n) is 3.03. The molecule has 18 heavy (non-hydrogen) atoms. The molecule has 2 rings (SSSR count). The van der Waals surface area contributed by atoms with Crippen molar-refractivity contribution >= 4 is 11.9 Å². The molecule has 0 aromatic heterocycles. The summed E-state index contributed by atoms with van der Waals surface area (Å²) in [5, 5.41) is 10.7. The van der Waals surface area contributed by atoms with Crippen molar-refractivity contribution in [1.29, 1.82) is 5.26 Å². The highest BCUT2D eigenvalue weighted by molar-refractivity contribution is 6.00. The lowest BCUT2D eigenvalue weighted by atomic mass is 10.0. The van der Waals surface area contributed by atoms with Crippen LogP contribution in [-0.2, 0) is 4.79 Å². The smallest absolute Gasteiger partial charge is 0.161 e. The van der Waals surface area contributed by atoms with E-state index in [2.05, 4.69) is 11.5 Å². The summed E-state index contributed by atoms with van der Waals surface area (Å²) >= 11 is 0. The Bertz CT molecular complexity index is 511. The van der Waals surface area contributed by atoms with E-state index in [0.717, 1.165) is 17.7 Å². The number of benzene rings is 1. The first-order valence-electron chi connectivity index (χ1n) is 5.89. The average molecular weight is 241 g/mol. The van der Waals surface area contributed by atoms with E-state index in [1.807, 2.05) is 30.3 Å². The van der Waals surface area contributed by atoms with Gasteiger partial charge in [-0.25, -0.2) is 5.01 Å². The van der Waals surface area contributed by atoms with Gasteiger partial charge in [0.15, 0.2) is 5.78 Å². The quantitative estimate of drug-likeness (QED) is 0.794. The number of Topliss-reactive ketones (excluding diaryl/α,β-unsaturated/α-hetero) is 1. The van der Waals surface area contributed by atoms with Crippen molar-refractivity contribution in [3.05, 3.63) is 41.0 Å². The van der Waals surface area contributed by atoms with Crippen molar-refractivity contribution in [2.24, 2.45) is 0 Å². The number of carbonyl (C=O) groups excluding carboxylic acids is 1. The molecule has 0 bridgehead atoms. The molecule has 1 aromatic rings. The van der Waals surface area contributed by atoms with Gasteiger partial charge >= 0.3 is 0 Å². The van der Waals surface area contributed by atoms with Gasteiger partial charge in [-0.2, -0.15) is 5.26 Å². The first kappa shape index (κ1) is 12.5. The van der Waals surface area contributed by atoms with E-state index in [0.29, 0.717) is 18.5 Å². The molecule has 1 heterocycles. The van der Waals surface area contributed by atoms with Crippen molar-refractivity contribution < 1.29 is 4.79 Å². The lowest BCUT2D eigenvalue weighted by Crippen LogP contribution is -2.42. The van der Waals surface area contributed by atoms with Crippen LogP contribution < -0.4 is 5.43 Å². The number of rotatable bonds is 2. The van der Waals surface area contributed by atoms with E-state index in [-0.39, 0.29) is 5.78 Å². The second-order valence-electron chi connectivity index (χ2n) is 4.22. The number of hydrazine groups is 1. The van der Waals surface area contributed by atoms with Crippen LogP contribution >= 0.6 is 0 Å². The summed E-state index contributed by atoms with van der Waals surface area (Å²) in [5.41, 5.74) is 5.44. The van der Waals surface area contributed by atoms with Gasteiger partial charge in [0.05, 0.1) is 11.6 Å². The zero-order valence-corrected chi connectivity index (χ0v) is 10.3. The van der Waals surface area contributed by atoms with Crippen molar-refractivity contribution in [2.45, 2.75) is 6.42 Å². The molecule has 0 spiro atoms. The average Bonchev–Trinajstić information content (AvgIpc) is 2.42. The van der Waals surface area contributed by atoms with E-state index in [9.17, 15) is 4.79 Å². The molecule has 1 saturated heterocycles. The summed E-state index contributed by atoms with van der Waals surface area (Å²) in [7, 11) is 1.86. The highest BCUT2D eigenvalue weighted by atomic mass is 16.1. The van der Waals surface area contributed by atoms with Gasteiger partial charge in [0.2, 0.25) is 0 Å². The molecule has 1 fully saturated rings. The number of carbonyl (C=O) groups is 1. The van der Waals surface area contributed by atoms with E-state index in [1.54, 1.807) is 12.1 Å². The first-order valence-corrected chi connectivity index (χ1v) is 5.89. The molecule has 0 unspecified atom stereocenters. The van der Waals surface area contributed by atoms with E-state index in [1.165, 1.54) is 0 Å². The standard InChI is InChI=1S/C14H15N3O/c1-16-17-7-6-14(18)13(10-17)8-11-2-4-12(9-15)5-3-11/h2-5,8,16H,6-7,10H2,1H3/b13-8+. The van der Waals surface area contributed by atoms with E-state index < -0.39 is 0 Å². The van der Waals surface area contributed by atoms with Crippen LogP contribution in [0.5, 0.6) is 0 Å². The number of nitriles is 1. The van der Waals surface area contributed by atoms with Gasteiger partial charge in [-0.15, -0.1) is 0 Å². The molecule has 0 radical (unpaired) electrons. The molecule has 0 atom stereocenters. The molecule has 0 aliphatic carbocycles. The predicted molar refractivity (Wildman–Crippen MR) is 69.4 cm³/mol. The number of piperidine rings is 1. The molecule has 1 aromatic carbocycles. The minimum absolute atomic E-state index is 0.200. The number of ketones is 1. The van der Waals surface area contributed by atoms with Gasteiger partial charge < -0.3 is 0 Å². The Balaban J connectivity index is 2.19. The fourth-order valence-electron chi connectivity index (χ4n) is 1.94. The van der Waals surface area contributed by atoms with Crippen molar-refractivity contribution in [2.75, 3.05) is 20.1 Å². The van der Waals surface area contributed by atoms with Crippen LogP contribution in [0, 0.1) is 11.3 Å². The highest BCUT2D eigenvalue weighted by Crippen LogP contribution is 2.15. The Hall–Kier alpha value is -1.96. The molecular formula is C14H15N3O. The van der Waals surface area contributed by atoms with Crippen molar-refractivity contribution in [3.8, 4) is 6.07 Å². The Morgan fingerprint density at radius 2 is 2.11 bits per heavy atom. The lowest BCUT2D eigenvalue weighted by Gasteiger charge is -2.26. The first-order chi connectivity index (χ1) is 8.72. The molecule has 0 amide bonds. The third kappa shape index (κ3) is 2.83. The number of nitrogens with one attached hydrogen (secondary N) is 1. The maximum absolute atomic E-state index is 11.8. The molecule has 1 N–H and O–H groups in total. The van der Waals surface area contributed by atoms with E-state index >= 15 is 0 Å². The van der Waals surface area contributed by atoms with Crippen LogP contribution in [0.15, 0.2) is 29.8 Å². The Morgan fingerprint density at radius 3 is 2.72 bits per heavy atom. The number of nitrogens with zero attached hydrogens (tertiary/aromatic N) is 2. The molecule has 92 valence electrons. The normalized spacial score (nSPS) is 18.9. The number of hydrogen-bond acceptors (Lipinski definition) is 4. The molecule has 1 aliphatic heterocycles. The second-order valence-corrected chi connectivity index (χ2v) is 4.22. The Morgan fingerprint density at radius 1 is 1.39 bits per heavy atom. The summed E-state index contributed by atoms with van der Waals surface area (Å²) in [5.74, 6) is 0.200. The summed E-state index contributed by atoms with van der Waals surface area (Å²) in [4.78, 5) is 11.8. The van der Waals surface area contributed by atoms with Gasteiger partial charge in [0.1, 0.15) is 0 Å². The topological polar surface area (TPSA) is 56.1 Å². The summed E-state index contributed by atoms with van der Waals surface area (Å²) in [6.07, 6.45) is 2.44. The molecular weight excluding hydrogens is 226 g/mol. The predicted octanol–water partition coefficient (Wildman–Crippen LogP) is 1.35. The van der Waals surface area contributed by atoms with Crippen LogP contribution in [0.2, 0.25) is 0 Å². The lowest BCUT2D eigenvalue weighted by molar-refractivity contribution is -0.117. The largest absolute Gasteiger partial charge is 0.294 e. The fraction of sp³-hybridized carbons (Fsp3) is 0.286. The summed E-state index contributed by atoms with van der Waals surface area (Å²) in [6.45, 7) is 1.37. The molecule has 0 saturated carbocycles.